The monoisotopic (exact) mass is 336 g/mol. The Bertz CT molecular complexity index is 216. The van der Waals surface area contributed by atoms with Gasteiger partial charge in [-0.1, -0.05) is 44.9 Å². The van der Waals surface area contributed by atoms with E-state index in [0.29, 0.717) is 6.61 Å². The van der Waals surface area contributed by atoms with Crippen molar-refractivity contribution < 1.29 is 23.1 Å². The zero-order valence-electron chi connectivity index (χ0n) is 15.0. The molecule has 0 aliphatic carbocycles. The molecule has 0 bridgehead atoms. The van der Waals surface area contributed by atoms with Crippen molar-refractivity contribution in [2.75, 3.05) is 34.5 Å². The molecule has 0 rings (SSSR count). The van der Waals surface area contributed by atoms with Gasteiger partial charge in [-0.2, -0.15) is 0 Å². The first kappa shape index (κ1) is 22.0. The maximum absolute atomic E-state index is 5.42. The van der Waals surface area contributed by atoms with E-state index < -0.39 is 8.80 Å². The maximum Gasteiger partial charge on any atom is 0.500 e. The van der Waals surface area contributed by atoms with Gasteiger partial charge < -0.3 is 13.3 Å². The molecular formula is C16H36O5Si. The second-order valence-electron chi connectivity index (χ2n) is 5.46. The van der Waals surface area contributed by atoms with E-state index in [1.807, 2.05) is 6.92 Å². The van der Waals surface area contributed by atoms with Crippen molar-refractivity contribution in [1.29, 1.82) is 0 Å². The van der Waals surface area contributed by atoms with Gasteiger partial charge in [0.1, 0.15) is 0 Å². The molecule has 6 heteroatoms. The van der Waals surface area contributed by atoms with Gasteiger partial charge in [-0.3, -0.25) is 0 Å². The minimum absolute atomic E-state index is 0.628. The third-order valence-electron chi connectivity index (χ3n) is 3.84. The van der Waals surface area contributed by atoms with Gasteiger partial charge in [-0.25, -0.2) is 9.78 Å². The highest BCUT2D eigenvalue weighted by atomic mass is 28.4. The summed E-state index contributed by atoms with van der Waals surface area (Å²) in [6, 6.07) is 0.913. The highest BCUT2D eigenvalue weighted by Gasteiger charge is 2.36. The second kappa shape index (κ2) is 15.9. The Balaban J connectivity index is 3.27. The summed E-state index contributed by atoms with van der Waals surface area (Å²) in [6.45, 7) is 3.28. The Morgan fingerprint density at radius 3 is 1.50 bits per heavy atom. The highest BCUT2D eigenvalue weighted by Crippen LogP contribution is 2.18. The first-order chi connectivity index (χ1) is 10.7. The van der Waals surface area contributed by atoms with Gasteiger partial charge >= 0.3 is 8.80 Å². The highest BCUT2D eigenvalue weighted by molar-refractivity contribution is 6.60. The lowest BCUT2D eigenvalue weighted by Gasteiger charge is -2.24. The van der Waals surface area contributed by atoms with E-state index in [2.05, 4.69) is 0 Å². The van der Waals surface area contributed by atoms with Crippen molar-refractivity contribution in [1.82, 2.24) is 0 Å². The number of hydrogen-bond donors (Lipinski definition) is 0. The van der Waals surface area contributed by atoms with Crippen LogP contribution >= 0.6 is 0 Å². The van der Waals surface area contributed by atoms with Crippen LogP contribution in [0.4, 0.5) is 0 Å². The molecule has 0 aromatic rings. The molecule has 0 radical (unpaired) electrons. The van der Waals surface area contributed by atoms with E-state index in [0.717, 1.165) is 25.5 Å². The van der Waals surface area contributed by atoms with Crippen LogP contribution in [-0.4, -0.2) is 43.3 Å². The van der Waals surface area contributed by atoms with Crippen molar-refractivity contribution in [3.8, 4) is 0 Å². The Hall–Kier alpha value is 0.0169. The third kappa shape index (κ3) is 11.6. The molecule has 0 saturated heterocycles. The van der Waals surface area contributed by atoms with E-state index in [9.17, 15) is 0 Å². The summed E-state index contributed by atoms with van der Waals surface area (Å²) < 4.78 is 16.3. The normalized spacial score (nSPS) is 12.0. The topological polar surface area (TPSA) is 46.2 Å². The minimum atomic E-state index is -2.34. The van der Waals surface area contributed by atoms with Gasteiger partial charge in [0.25, 0.3) is 0 Å². The number of rotatable bonds is 17. The summed E-state index contributed by atoms with van der Waals surface area (Å²) in [5, 5.41) is 0. The molecule has 0 heterocycles. The molecule has 0 amide bonds. The molecule has 22 heavy (non-hydrogen) atoms. The Morgan fingerprint density at radius 2 is 1.05 bits per heavy atom. The van der Waals surface area contributed by atoms with E-state index in [1.165, 1.54) is 44.9 Å². The minimum Gasteiger partial charge on any atom is -0.377 e. The molecule has 134 valence electrons. The van der Waals surface area contributed by atoms with E-state index >= 15 is 0 Å². The molecule has 0 unspecified atom stereocenters. The van der Waals surface area contributed by atoms with Crippen molar-refractivity contribution in [2.24, 2.45) is 0 Å². The molecule has 0 aliphatic rings. The van der Waals surface area contributed by atoms with Crippen LogP contribution in [0.2, 0.25) is 6.04 Å². The van der Waals surface area contributed by atoms with Crippen molar-refractivity contribution in [3.05, 3.63) is 0 Å². The Labute approximate surface area is 137 Å². The fourth-order valence-electron chi connectivity index (χ4n) is 2.44. The van der Waals surface area contributed by atoms with Crippen molar-refractivity contribution in [2.45, 2.75) is 70.8 Å². The van der Waals surface area contributed by atoms with Gasteiger partial charge in [-0.05, 0) is 19.8 Å². The lowest BCUT2D eigenvalue weighted by atomic mass is 10.1. The predicted molar refractivity (Wildman–Crippen MR) is 90.7 cm³/mol. The molecule has 0 aromatic carbocycles. The SMILES string of the molecule is CCOOCCCCCCCCCCC[Si](OC)(OC)OC. The van der Waals surface area contributed by atoms with Gasteiger partial charge in [0.05, 0.1) is 13.2 Å². The average Bonchev–Trinajstić information content (AvgIpc) is 2.56. The zero-order valence-corrected chi connectivity index (χ0v) is 16.0. The van der Waals surface area contributed by atoms with Crippen molar-refractivity contribution in [3.63, 3.8) is 0 Å². The maximum atomic E-state index is 5.42. The average molecular weight is 337 g/mol. The van der Waals surface area contributed by atoms with E-state index in [-0.39, 0.29) is 0 Å². The molecule has 0 aromatic heterocycles. The lowest BCUT2D eigenvalue weighted by molar-refractivity contribution is -0.291. The smallest absolute Gasteiger partial charge is 0.377 e. The van der Waals surface area contributed by atoms with Crippen LogP contribution in [0.1, 0.15) is 64.7 Å². The summed E-state index contributed by atoms with van der Waals surface area (Å²) in [6.07, 6.45) is 11.2. The predicted octanol–water partition coefficient (Wildman–Crippen LogP) is 4.34. The molecular weight excluding hydrogens is 300 g/mol. The molecule has 0 saturated carbocycles. The summed E-state index contributed by atoms with van der Waals surface area (Å²) in [5.41, 5.74) is 0. The summed E-state index contributed by atoms with van der Waals surface area (Å²) in [7, 11) is 2.70. The Kier molecular flexibility index (Phi) is 15.9. The summed E-state index contributed by atoms with van der Waals surface area (Å²) in [5.74, 6) is 0. The first-order valence-electron chi connectivity index (χ1n) is 8.64. The molecule has 5 nitrogen and oxygen atoms in total. The zero-order chi connectivity index (χ0) is 16.5. The van der Waals surface area contributed by atoms with Gasteiger partial charge in [0.2, 0.25) is 0 Å². The largest absolute Gasteiger partial charge is 0.500 e. The summed E-state index contributed by atoms with van der Waals surface area (Å²) >= 11 is 0. The first-order valence-corrected chi connectivity index (χ1v) is 10.6. The third-order valence-corrected chi connectivity index (χ3v) is 6.68. The fourth-order valence-corrected chi connectivity index (χ4v) is 4.23. The van der Waals surface area contributed by atoms with Crippen LogP contribution in [0, 0.1) is 0 Å². The lowest BCUT2D eigenvalue weighted by Crippen LogP contribution is -2.42. The molecule has 0 fully saturated rings. The molecule has 0 aliphatic heterocycles. The standard InChI is InChI=1S/C16H36O5Si/c1-5-20-21-15-13-11-9-7-6-8-10-12-14-16-22(17-2,18-3)19-4/h5-16H2,1-4H3. The van der Waals surface area contributed by atoms with Crippen LogP contribution in [-0.2, 0) is 23.1 Å². The van der Waals surface area contributed by atoms with E-state index in [4.69, 9.17) is 23.1 Å². The molecule has 0 atom stereocenters. The fraction of sp³-hybridized carbons (Fsp3) is 1.00. The quantitative estimate of drug-likeness (QED) is 0.171. The van der Waals surface area contributed by atoms with Crippen molar-refractivity contribution >= 4 is 8.80 Å². The van der Waals surface area contributed by atoms with Gasteiger partial charge in [0, 0.05) is 27.4 Å². The van der Waals surface area contributed by atoms with Crippen LogP contribution in [0.15, 0.2) is 0 Å². The van der Waals surface area contributed by atoms with Crippen LogP contribution < -0.4 is 0 Å². The number of hydrogen-bond acceptors (Lipinski definition) is 5. The van der Waals surface area contributed by atoms with Gasteiger partial charge in [-0.15, -0.1) is 0 Å². The van der Waals surface area contributed by atoms with Crippen LogP contribution in [0.3, 0.4) is 0 Å². The van der Waals surface area contributed by atoms with E-state index in [1.54, 1.807) is 21.3 Å². The van der Waals surface area contributed by atoms with Crippen LogP contribution in [0.25, 0.3) is 0 Å². The Morgan fingerprint density at radius 1 is 0.591 bits per heavy atom. The summed E-state index contributed by atoms with van der Waals surface area (Å²) in [4.78, 5) is 9.82. The number of unbranched alkanes of at least 4 members (excludes halogenated alkanes) is 8. The molecule has 0 N–H and O–H groups in total. The molecule has 0 spiro atoms. The van der Waals surface area contributed by atoms with Gasteiger partial charge in [0.15, 0.2) is 0 Å². The van der Waals surface area contributed by atoms with Crippen LogP contribution in [0.5, 0.6) is 0 Å². The second-order valence-corrected chi connectivity index (χ2v) is 8.55.